The fraction of sp³-hybridized carbons (Fsp3) is 0.143. The van der Waals surface area contributed by atoms with Crippen LogP contribution in [0.2, 0.25) is 0 Å². The molecule has 4 nitrogen and oxygen atoms in total. The van der Waals surface area contributed by atoms with Crippen molar-refractivity contribution in [1.82, 2.24) is 0 Å². The highest BCUT2D eigenvalue weighted by Crippen LogP contribution is 2.30. The molecule has 0 bridgehead atoms. The first-order valence-corrected chi connectivity index (χ1v) is 9.94. The van der Waals surface area contributed by atoms with Crippen LogP contribution in [0.15, 0.2) is 71.6 Å². The molecule has 0 aliphatic heterocycles. The van der Waals surface area contributed by atoms with Crippen molar-refractivity contribution in [1.29, 1.82) is 0 Å². The van der Waals surface area contributed by atoms with E-state index < -0.39 is 26.6 Å². The predicted octanol–water partition coefficient (Wildman–Crippen LogP) is 4.68. The quantitative estimate of drug-likeness (QED) is 0.601. The van der Waals surface area contributed by atoms with E-state index >= 15 is 0 Å². The third-order valence-electron chi connectivity index (χ3n) is 4.35. The summed E-state index contributed by atoms with van der Waals surface area (Å²) in [5.74, 6) is -0.949. The molecule has 0 N–H and O–H groups in total. The lowest BCUT2D eigenvalue weighted by Crippen LogP contribution is -2.31. The molecule has 3 aromatic carbocycles. The van der Waals surface area contributed by atoms with Crippen LogP contribution in [0, 0.1) is 18.6 Å². The van der Waals surface area contributed by atoms with Crippen LogP contribution in [0.25, 0.3) is 0 Å². The molecule has 0 unspecified atom stereocenters. The van der Waals surface area contributed by atoms with Gasteiger partial charge in [0.25, 0.3) is 10.0 Å². The summed E-state index contributed by atoms with van der Waals surface area (Å²) < 4.78 is 61.3. The first-order valence-electron chi connectivity index (χ1n) is 8.50. The molecular weight excluding hydrogens is 384 g/mol. The van der Waals surface area contributed by atoms with Crippen molar-refractivity contribution in [2.45, 2.75) is 18.4 Å². The molecule has 0 atom stereocenters. The number of para-hydroxylation sites is 1. The van der Waals surface area contributed by atoms with Gasteiger partial charge in [0.2, 0.25) is 0 Å². The van der Waals surface area contributed by atoms with Crippen LogP contribution in [0.1, 0.15) is 11.1 Å². The zero-order valence-electron chi connectivity index (χ0n) is 15.4. The van der Waals surface area contributed by atoms with Gasteiger partial charge in [-0.05, 0) is 42.8 Å². The number of sulfonamides is 1. The van der Waals surface area contributed by atoms with Crippen LogP contribution < -0.4 is 9.04 Å². The van der Waals surface area contributed by atoms with Gasteiger partial charge in [0, 0.05) is 5.56 Å². The Kier molecular flexibility index (Phi) is 5.65. The van der Waals surface area contributed by atoms with Gasteiger partial charge in [-0.3, -0.25) is 4.31 Å². The van der Waals surface area contributed by atoms with E-state index in [1.807, 2.05) is 0 Å². The summed E-state index contributed by atoms with van der Waals surface area (Å²) in [4.78, 5) is -0.481. The number of methoxy groups -OCH3 is 1. The smallest absolute Gasteiger partial charge is 0.267 e. The SMILES string of the molecule is COc1ccccc1CN(c1ccc(C)c(F)c1)S(=O)(=O)c1ccccc1F. The number of hydrogen-bond donors (Lipinski definition) is 0. The van der Waals surface area contributed by atoms with Crippen LogP contribution >= 0.6 is 0 Å². The summed E-state index contributed by atoms with van der Waals surface area (Å²) in [6.45, 7) is 1.43. The molecule has 0 aliphatic rings. The third kappa shape index (κ3) is 3.84. The zero-order valence-corrected chi connectivity index (χ0v) is 16.2. The summed E-state index contributed by atoms with van der Waals surface area (Å²) in [5.41, 5.74) is 1.03. The minimum absolute atomic E-state index is 0.0947. The van der Waals surface area contributed by atoms with E-state index in [4.69, 9.17) is 4.74 Å². The molecule has 28 heavy (non-hydrogen) atoms. The molecule has 7 heteroatoms. The van der Waals surface area contributed by atoms with Gasteiger partial charge in [0.05, 0.1) is 19.3 Å². The van der Waals surface area contributed by atoms with Gasteiger partial charge in [0.15, 0.2) is 0 Å². The van der Waals surface area contributed by atoms with Crippen molar-refractivity contribution < 1.29 is 21.9 Å². The second-order valence-corrected chi connectivity index (χ2v) is 8.02. The third-order valence-corrected chi connectivity index (χ3v) is 6.16. The molecule has 0 heterocycles. The number of ether oxygens (including phenoxy) is 1. The summed E-state index contributed by atoms with van der Waals surface area (Å²) >= 11 is 0. The fourth-order valence-electron chi connectivity index (χ4n) is 2.81. The van der Waals surface area contributed by atoms with Gasteiger partial charge in [-0.25, -0.2) is 17.2 Å². The van der Waals surface area contributed by atoms with Crippen molar-refractivity contribution in [3.8, 4) is 5.75 Å². The van der Waals surface area contributed by atoms with Crippen molar-refractivity contribution in [3.63, 3.8) is 0 Å². The van der Waals surface area contributed by atoms with Crippen molar-refractivity contribution in [3.05, 3.63) is 89.5 Å². The average molecular weight is 403 g/mol. The molecule has 0 fully saturated rings. The van der Waals surface area contributed by atoms with E-state index in [2.05, 4.69) is 0 Å². The standard InChI is InChI=1S/C21H19F2NO3S/c1-15-11-12-17(13-19(15)23)24(14-16-7-3-5-9-20(16)27-2)28(25,26)21-10-6-4-8-18(21)22/h3-13H,14H2,1-2H3. The van der Waals surface area contributed by atoms with E-state index in [1.54, 1.807) is 31.2 Å². The van der Waals surface area contributed by atoms with Crippen molar-refractivity contribution in [2.24, 2.45) is 0 Å². The lowest BCUT2D eigenvalue weighted by molar-refractivity contribution is 0.410. The fourth-order valence-corrected chi connectivity index (χ4v) is 4.32. The minimum Gasteiger partial charge on any atom is -0.496 e. The second kappa shape index (κ2) is 7.98. The Hall–Kier alpha value is -2.93. The van der Waals surface area contributed by atoms with Gasteiger partial charge >= 0.3 is 0 Å². The molecule has 146 valence electrons. The number of anilines is 1. The number of halogens is 2. The Balaban J connectivity index is 2.16. The number of nitrogens with zero attached hydrogens (tertiary/aromatic N) is 1. The number of hydrogen-bond acceptors (Lipinski definition) is 3. The number of rotatable bonds is 6. The summed E-state index contributed by atoms with van der Waals surface area (Å²) in [5, 5.41) is 0. The molecule has 0 amide bonds. The van der Waals surface area contributed by atoms with Gasteiger partial charge in [-0.15, -0.1) is 0 Å². The van der Waals surface area contributed by atoms with Crippen molar-refractivity contribution >= 4 is 15.7 Å². The first-order chi connectivity index (χ1) is 13.3. The molecule has 3 aromatic rings. The first kappa shape index (κ1) is 19.8. The van der Waals surface area contributed by atoms with Crippen molar-refractivity contribution in [2.75, 3.05) is 11.4 Å². The maximum Gasteiger partial charge on any atom is 0.267 e. The highest BCUT2D eigenvalue weighted by atomic mass is 32.2. The van der Waals surface area contributed by atoms with Gasteiger partial charge in [-0.2, -0.15) is 0 Å². The van der Waals surface area contributed by atoms with Gasteiger partial charge < -0.3 is 4.74 Å². The summed E-state index contributed by atoms with van der Waals surface area (Å²) in [7, 11) is -2.83. The molecule has 0 saturated heterocycles. The largest absolute Gasteiger partial charge is 0.496 e. The average Bonchev–Trinajstić information content (AvgIpc) is 2.68. The molecule has 0 saturated carbocycles. The number of aryl methyl sites for hydroxylation is 1. The molecule has 0 radical (unpaired) electrons. The molecule has 3 rings (SSSR count). The maximum atomic E-state index is 14.3. The van der Waals surface area contributed by atoms with E-state index in [0.29, 0.717) is 16.9 Å². The Morgan fingerprint density at radius 3 is 2.29 bits per heavy atom. The lowest BCUT2D eigenvalue weighted by Gasteiger charge is -2.26. The predicted molar refractivity (Wildman–Crippen MR) is 104 cm³/mol. The molecule has 0 spiro atoms. The van der Waals surface area contributed by atoms with Crippen LogP contribution in [0.4, 0.5) is 14.5 Å². The Bertz CT molecular complexity index is 1100. The minimum atomic E-state index is -4.30. The zero-order chi connectivity index (χ0) is 20.3. The summed E-state index contributed by atoms with van der Waals surface area (Å²) in [6, 6.07) is 16.1. The van der Waals surface area contributed by atoms with Gasteiger partial charge in [0.1, 0.15) is 22.3 Å². The van der Waals surface area contributed by atoms with E-state index in [9.17, 15) is 17.2 Å². The highest BCUT2D eigenvalue weighted by Gasteiger charge is 2.29. The Morgan fingerprint density at radius 2 is 1.61 bits per heavy atom. The molecule has 0 aromatic heterocycles. The maximum absolute atomic E-state index is 14.3. The Morgan fingerprint density at radius 1 is 0.929 bits per heavy atom. The normalized spacial score (nSPS) is 11.3. The monoisotopic (exact) mass is 403 g/mol. The topological polar surface area (TPSA) is 46.6 Å². The lowest BCUT2D eigenvalue weighted by atomic mass is 10.2. The Labute approximate surface area is 163 Å². The molecule has 0 aliphatic carbocycles. The van der Waals surface area contributed by atoms with Gasteiger partial charge in [-0.1, -0.05) is 36.4 Å². The van der Waals surface area contributed by atoms with Crippen LogP contribution in [0.5, 0.6) is 5.75 Å². The second-order valence-electron chi connectivity index (χ2n) is 6.19. The highest BCUT2D eigenvalue weighted by molar-refractivity contribution is 7.92. The summed E-state index contributed by atoms with van der Waals surface area (Å²) in [6.07, 6.45) is 0. The molecular formula is C21H19F2NO3S. The van der Waals surface area contributed by atoms with Crippen LogP contribution in [-0.4, -0.2) is 15.5 Å². The van der Waals surface area contributed by atoms with Crippen LogP contribution in [-0.2, 0) is 16.6 Å². The van der Waals surface area contributed by atoms with E-state index in [-0.39, 0.29) is 12.2 Å². The number of benzene rings is 3. The van der Waals surface area contributed by atoms with E-state index in [0.717, 1.165) is 16.4 Å². The van der Waals surface area contributed by atoms with E-state index in [1.165, 1.54) is 37.4 Å². The van der Waals surface area contributed by atoms with Crippen LogP contribution in [0.3, 0.4) is 0 Å².